The number of carbonyl (C=O) groups excluding carboxylic acids is 2. The van der Waals surface area contributed by atoms with E-state index < -0.39 is 23.3 Å². The van der Waals surface area contributed by atoms with Gasteiger partial charge in [0.25, 0.3) is 0 Å². The van der Waals surface area contributed by atoms with Crippen LogP contribution in [0.1, 0.15) is 50.7 Å². The van der Waals surface area contributed by atoms with Gasteiger partial charge in [0, 0.05) is 37.3 Å². The first-order chi connectivity index (χ1) is 14.7. The van der Waals surface area contributed by atoms with Gasteiger partial charge in [0.2, 0.25) is 11.8 Å². The molecule has 6 nitrogen and oxygen atoms in total. The van der Waals surface area contributed by atoms with Crippen LogP contribution in [0.3, 0.4) is 0 Å². The van der Waals surface area contributed by atoms with Gasteiger partial charge in [0.15, 0.2) is 0 Å². The third kappa shape index (κ3) is 5.12. The third-order valence-corrected chi connectivity index (χ3v) is 6.02. The predicted molar refractivity (Wildman–Crippen MR) is 109 cm³/mol. The van der Waals surface area contributed by atoms with Crippen molar-refractivity contribution in [1.29, 1.82) is 5.26 Å². The molecule has 31 heavy (non-hydrogen) atoms. The summed E-state index contributed by atoms with van der Waals surface area (Å²) in [5.74, 6) is -0.540. The van der Waals surface area contributed by atoms with Gasteiger partial charge in [-0.05, 0) is 43.9 Å². The smallest absolute Gasteiger partial charge is 0.367 e. The molecular formula is C22H27F3N4O2. The summed E-state index contributed by atoms with van der Waals surface area (Å²) in [5, 5.41) is 11.9. The molecule has 0 spiro atoms. The number of amides is 2. The Morgan fingerprint density at radius 3 is 2.45 bits per heavy atom. The third-order valence-electron chi connectivity index (χ3n) is 6.02. The standard InChI is InChI=1S/C22H27F3N4O2/c1-3-14(4-2)21(31)29-10-9-28(13-19(29)20(30)27-16-6-7-16)17-8-5-15(12-26)18(11-17)22(23,24)25/h5,8,11,14,16,19H,3-4,6-7,9-10,13H2,1-2H3,(H,27,30). The van der Waals surface area contributed by atoms with E-state index in [9.17, 15) is 22.8 Å². The van der Waals surface area contributed by atoms with Crippen LogP contribution in [0.5, 0.6) is 0 Å². The maximum atomic E-state index is 13.4. The van der Waals surface area contributed by atoms with Crippen LogP contribution in [0.2, 0.25) is 0 Å². The Labute approximate surface area is 180 Å². The lowest BCUT2D eigenvalue weighted by Crippen LogP contribution is -2.62. The molecular weight excluding hydrogens is 409 g/mol. The molecule has 1 saturated carbocycles. The summed E-state index contributed by atoms with van der Waals surface area (Å²) in [4.78, 5) is 29.2. The van der Waals surface area contributed by atoms with Crippen LogP contribution in [-0.2, 0) is 15.8 Å². The lowest BCUT2D eigenvalue weighted by Gasteiger charge is -2.42. The fraction of sp³-hybridized carbons (Fsp3) is 0.591. The van der Waals surface area contributed by atoms with Gasteiger partial charge in [-0.1, -0.05) is 13.8 Å². The van der Waals surface area contributed by atoms with Gasteiger partial charge in [-0.15, -0.1) is 0 Å². The molecule has 0 aromatic heterocycles. The van der Waals surface area contributed by atoms with Crippen molar-refractivity contribution in [3.63, 3.8) is 0 Å². The molecule has 1 N–H and O–H groups in total. The zero-order chi connectivity index (χ0) is 22.8. The number of hydrogen-bond acceptors (Lipinski definition) is 4. The van der Waals surface area contributed by atoms with E-state index in [-0.39, 0.29) is 42.6 Å². The molecule has 1 heterocycles. The van der Waals surface area contributed by atoms with Crippen molar-refractivity contribution in [1.82, 2.24) is 10.2 Å². The number of nitrogens with zero attached hydrogens (tertiary/aromatic N) is 3. The molecule has 1 aromatic rings. The van der Waals surface area contributed by atoms with E-state index in [1.54, 1.807) is 15.9 Å². The Kier molecular flexibility index (Phi) is 6.77. The molecule has 2 fully saturated rings. The number of benzene rings is 1. The summed E-state index contributed by atoms with van der Waals surface area (Å²) in [5.41, 5.74) is -1.16. The van der Waals surface area contributed by atoms with Crippen LogP contribution < -0.4 is 10.2 Å². The highest BCUT2D eigenvalue weighted by Crippen LogP contribution is 2.35. The highest BCUT2D eigenvalue weighted by Gasteiger charge is 2.40. The van der Waals surface area contributed by atoms with Gasteiger partial charge < -0.3 is 15.1 Å². The summed E-state index contributed by atoms with van der Waals surface area (Å²) in [6.07, 6.45) is -1.54. The summed E-state index contributed by atoms with van der Waals surface area (Å²) in [6.45, 7) is 4.52. The zero-order valence-corrected chi connectivity index (χ0v) is 17.7. The Balaban J connectivity index is 1.87. The van der Waals surface area contributed by atoms with E-state index in [4.69, 9.17) is 5.26 Å². The average molecular weight is 436 g/mol. The maximum absolute atomic E-state index is 13.4. The van der Waals surface area contributed by atoms with Crippen molar-refractivity contribution in [2.45, 2.75) is 57.8 Å². The summed E-state index contributed by atoms with van der Waals surface area (Å²) in [7, 11) is 0. The maximum Gasteiger partial charge on any atom is 0.417 e. The van der Waals surface area contributed by atoms with Crippen LogP contribution >= 0.6 is 0 Å². The van der Waals surface area contributed by atoms with E-state index in [0.29, 0.717) is 19.4 Å². The number of rotatable bonds is 6. The van der Waals surface area contributed by atoms with Gasteiger partial charge in [-0.25, -0.2) is 0 Å². The van der Waals surface area contributed by atoms with Gasteiger partial charge in [0.05, 0.1) is 17.2 Å². The van der Waals surface area contributed by atoms with E-state index in [1.165, 1.54) is 6.07 Å². The predicted octanol–water partition coefficient (Wildman–Crippen LogP) is 3.31. The van der Waals surface area contributed by atoms with E-state index in [1.807, 2.05) is 13.8 Å². The highest BCUT2D eigenvalue weighted by molar-refractivity contribution is 5.90. The molecule has 9 heteroatoms. The molecule has 0 bridgehead atoms. The molecule has 2 amide bonds. The molecule has 0 radical (unpaired) electrons. The number of nitrogens with one attached hydrogen (secondary N) is 1. The van der Waals surface area contributed by atoms with Crippen molar-refractivity contribution in [3.05, 3.63) is 29.3 Å². The van der Waals surface area contributed by atoms with Gasteiger partial charge >= 0.3 is 6.18 Å². The number of hydrogen-bond donors (Lipinski definition) is 1. The molecule has 1 aliphatic carbocycles. The first-order valence-corrected chi connectivity index (χ1v) is 10.7. The van der Waals surface area contributed by atoms with Crippen molar-refractivity contribution >= 4 is 17.5 Å². The van der Waals surface area contributed by atoms with Gasteiger partial charge in [0.1, 0.15) is 6.04 Å². The fourth-order valence-corrected chi connectivity index (χ4v) is 3.96. The minimum Gasteiger partial charge on any atom is -0.367 e. The topological polar surface area (TPSA) is 76.4 Å². The quantitative estimate of drug-likeness (QED) is 0.742. The molecule has 168 valence electrons. The van der Waals surface area contributed by atoms with Crippen LogP contribution in [0.4, 0.5) is 18.9 Å². The summed E-state index contributed by atoms with van der Waals surface area (Å²) >= 11 is 0. The number of carbonyl (C=O) groups is 2. The SMILES string of the molecule is CCC(CC)C(=O)N1CCN(c2ccc(C#N)c(C(F)(F)F)c2)CC1C(=O)NC1CC1. The number of halogens is 3. The molecule has 1 aromatic carbocycles. The van der Waals surface area contributed by atoms with Crippen LogP contribution in [0.15, 0.2) is 18.2 Å². The lowest BCUT2D eigenvalue weighted by molar-refractivity contribution is -0.144. The molecule has 2 aliphatic rings. The van der Waals surface area contributed by atoms with E-state index >= 15 is 0 Å². The lowest BCUT2D eigenvalue weighted by atomic mass is 9.99. The first-order valence-electron chi connectivity index (χ1n) is 10.7. The zero-order valence-electron chi connectivity index (χ0n) is 17.7. The highest BCUT2D eigenvalue weighted by atomic mass is 19.4. The molecule has 1 unspecified atom stereocenters. The number of anilines is 1. The Bertz CT molecular complexity index is 872. The normalized spacial score (nSPS) is 19.3. The molecule has 3 rings (SSSR count). The molecule has 1 atom stereocenters. The molecule has 1 aliphatic heterocycles. The second-order valence-corrected chi connectivity index (χ2v) is 8.13. The van der Waals surface area contributed by atoms with Crippen molar-refractivity contribution < 1.29 is 22.8 Å². The first kappa shape index (κ1) is 22.9. The molecule has 1 saturated heterocycles. The number of alkyl halides is 3. The second kappa shape index (κ2) is 9.16. The monoisotopic (exact) mass is 436 g/mol. The Morgan fingerprint density at radius 2 is 1.90 bits per heavy atom. The number of nitriles is 1. The summed E-state index contributed by atoms with van der Waals surface area (Å²) < 4.78 is 40.2. The van der Waals surface area contributed by atoms with Gasteiger partial charge in [-0.3, -0.25) is 9.59 Å². The fourth-order valence-electron chi connectivity index (χ4n) is 3.96. The van der Waals surface area contributed by atoms with Crippen LogP contribution in [0.25, 0.3) is 0 Å². The van der Waals surface area contributed by atoms with Crippen LogP contribution in [-0.4, -0.2) is 48.4 Å². The Hall–Kier alpha value is -2.76. The van der Waals surface area contributed by atoms with E-state index in [0.717, 1.165) is 25.0 Å². The summed E-state index contributed by atoms with van der Waals surface area (Å²) in [6, 6.07) is 4.48. The second-order valence-electron chi connectivity index (χ2n) is 8.13. The Morgan fingerprint density at radius 1 is 1.23 bits per heavy atom. The minimum absolute atomic E-state index is 0.0867. The van der Waals surface area contributed by atoms with Gasteiger partial charge in [-0.2, -0.15) is 18.4 Å². The van der Waals surface area contributed by atoms with Crippen molar-refractivity contribution in [3.8, 4) is 6.07 Å². The average Bonchev–Trinajstić information content (AvgIpc) is 3.57. The van der Waals surface area contributed by atoms with Crippen molar-refractivity contribution in [2.24, 2.45) is 5.92 Å². The largest absolute Gasteiger partial charge is 0.417 e. The van der Waals surface area contributed by atoms with Crippen molar-refractivity contribution in [2.75, 3.05) is 24.5 Å². The van der Waals surface area contributed by atoms with E-state index in [2.05, 4.69) is 5.32 Å². The number of piperazine rings is 1. The van der Waals surface area contributed by atoms with Crippen LogP contribution in [0, 0.1) is 17.2 Å². The minimum atomic E-state index is -4.66.